The summed E-state index contributed by atoms with van der Waals surface area (Å²) in [5, 5.41) is 5.16. The third-order valence-electron chi connectivity index (χ3n) is 2.24. The molecule has 0 unspecified atom stereocenters. The number of nitrogens with zero attached hydrogens (tertiary/aromatic N) is 2. The third kappa shape index (κ3) is 1.22. The summed E-state index contributed by atoms with van der Waals surface area (Å²) in [5.41, 5.74) is 2.79. The largest absolute Gasteiger partial charge is 0.272 e. The zero-order valence-corrected chi connectivity index (χ0v) is 8.13. The molecule has 2 nitrogen and oxygen atoms in total. The van der Waals surface area contributed by atoms with E-state index < -0.39 is 0 Å². The first-order chi connectivity index (χ1) is 5.33. The Bertz CT molecular complexity index is 263. The maximum atomic E-state index is 4.24. The van der Waals surface area contributed by atoms with Crippen molar-refractivity contribution >= 4 is 15.9 Å². The minimum Gasteiger partial charge on any atom is -0.272 e. The number of rotatable bonds is 2. The van der Waals surface area contributed by atoms with E-state index in [1.807, 2.05) is 17.9 Å². The van der Waals surface area contributed by atoms with Crippen LogP contribution >= 0.6 is 15.9 Å². The fraction of sp³-hybridized carbons (Fsp3) is 0.625. The predicted molar refractivity (Wildman–Crippen MR) is 47.8 cm³/mol. The number of halogens is 1. The first-order valence-corrected chi connectivity index (χ1v) is 5.02. The van der Waals surface area contributed by atoms with Gasteiger partial charge < -0.3 is 0 Å². The van der Waals surface area contributed by atoms with E-state index in [9.17, 15) is 0 Å². The predicted octanol–water partition coefficient (Wildman–Crippen LogP) is 2.19. The number of alkyl halides is 1. The van der Waals surface area contributed by atoms with E-state index in [2.05, 4.69) is 21.0 Å². The molecule has 0 radical (unpaired) electrons. The maximum absolute atomic E-state index is 4.24. The van der Waals surface area contributed by atoms with Crippen LogP contribution in [0.2, 0.25) is 0 Å². The van der Waals surface area contributed by atoms with Gasteiger partial charge in [-0.15, -0.1) is 0 Å². The van der Waals surface area contributed by atoms with Crippen molar-refractivity contribution < 1.29 is 0 Å². The number of aryl methyl sites for hydroxylation is 1. The second kappa shape index (κ2) is 2.63. The Kier molecular flexibility index (Phi) is 1.75. The highest BCUT2D eigenvalue weighted by Gasteiger charge is 2.27. The molecule has 0 bridgehead atoms. The first kappa shape index (κ1) is 7.35. The number of aromatic nitrogens is 2. The molecule has 2 rings (SSSR count). The fourth-order valence-corrected chi connectivity index (χ4v) is 2.07. The second-order valence-electron chi connectivity index (χ2n) is 3.08. The molecule has 0 aromatic carbocycles. The van der Waals surface area contributed by atoms with Crippen LogP contribution in [0.25, 0.3) is 0 Å². The minimum atomic E-state index is 0.816. The Hall–Kier alpha value is -0.310. The van der Waals surface area contributed by atoms with Gasteiger partial charge in [0.2, 0.25) is 0 Å². The van der Waals surface area contributed by atoms with Gasteiger partial charge >= 0.3 is 0 Å². The van der Waals surface area contributed by atoms with Gasteiger partial charge in [-0.3, -0.25) is 4.68 Å². The van der Waals surface area contributed by atoms with Crippen molar-refractivity contribution in [2.24, 2.45) is 7.05 Å². The van der Waals surface area contributed by atoms with Crippen LogP contribution in [-0.2, 0) is 12.4 Å². The lowest BCUT2D eigenvalue weighted by molar-refractivity contribution is 0.735. The molecule has 0 amide bonds. The summed E-state index contributed by atoms with van der Waals surface area (Å²) in [4.78, 5) is 0. The molecule has 1 saturated carbocycles. The number of hydrogen-bond acceptors (Lipinski definition) is 1. The summed E-state index contributed by atoms with van der Waals surface area (Å²) in [5.74, 6) is 0.816. The molecule has 0 saturated heterocycles. The van der Waals surface area contributed by atoms with Gasteiger partial charge in [0.25, 0.3) is 0 Å². The lowest BCUT2D eigenvalue weighted by atomic mass is 10.2. The zero-order chi connectivity index (χ0) is 7.84. The molecule has 3 heteroatoms. The molecule has 0 aliphatic heterocycles. The minimum absolute atomic E-state index is 0.816. The maximum Gasteiger partial charge on any atom is 0.0527 e. The highest BCUT2D eigenvalue weighted by atomic mass is 79.9. The molecule has 1 aromatic rings. The van der Waals surface area contributed by atoms with Gasteiger partial charge in [0.15, 0.2) is 0 Å². The van der Waals surface area contributed by atoms with E-state index >= 15 is 0 Å². The van der Waals surface area contributed by atoms with Crippen LogP contribution in [0.15, 0.2) is 6.20 Å². The van der Waals surface area contributed by atoms with Crippen LogP contribution < -0.4 is 0 Å². The van der Waals surface area contributed by atoms with Crippen molar-refractivity contribution in [1.82, 2.24) is 9.78 Å². The van der Waals surface area contributed by atoms with Crippen LogP contribution in [0.3, 0.4) is 0 Å². The zero-order valence-electron chi connectivity index (χ0n) is 6.55. The van der Waals surface area contributed by atoms with Crippen LogP contribution in [0.4, 0.5) is 0 Å². The average Bonchev–Trinajstić information content (AvgIpc) is 2.76. The molecular weight excluding hydrogens is 204 g/mol. The molecule has 0 spiro atoms. The van der Waals surface area contributed by atoms with Gasteiger partial charge in [-0.05, 0) is 24.3 Å². The molecular formula is C8H11BrN2. The van der Waals surface area contributed by atoms with E-state index in [1.165, 1.54) is 24.1 Å². The molecule has 1 aromatic heterocycles. The van der Waals surface area contributed by atoms with Gasteiger partial charge in [-0.1, -0.05) is 15.9 Å². The Labute approximate surface area is 74.7 Å². The van der Waals surface area contributed by atoms with Crippen LogP contribution in [-0.4, -0.2) is 9.78 Å². The first-order valence-electron chi connectivity index (χ1n) is 3.89. The standard InChI is InChI=1S/C8H11BrN2/c1-11-8(4-9)7(5-10-11)6-2-3-6/h5-6H,2-4H2,1H3. The van der Waals surface area contributed by atoms with E-state index in [0.29, 0.717) is 0 Å². The fourth-order valence-electron chi connectivity index (χ4n) is 1.38. The van der Waals surface area contributed by atoms with Crippen molar-refractivity contribution in [3.8, 4) is 0 Å². The normalized spacial score (nSPS) is 17.3. The lowest BCUT2D eigenvalue weighted by Gasteiger charge is -1.99. The number of hydrogen-bond donors (Lipinski definition) is 0. The topological polar surface area (TPSA) is 17.8 Å². The highest BCUT2D eigenvalue weighted by Crippen LogP contribution is 2.41. The Balaban J connectivity index is 2.36. The molecule has 1 fully saturated rings. The van der Waals surface area contributed by atoms with E-state index in [-0.39, 0.29) is 0 Å². The summed E-state index contributed by atoms with van der Waals surface area (Å²) in [6.07, 6.45) is 4.71. The average molecular weight is 215 g/mol. The van der Waals surface area contributed by atoms with Crippen molar-refractivity contribution in [2.75, 3.05) is 0 Å². The van der Waals surface area contributed by atoms with Crippen LogP contribution in [0, 0.1) is 0 Å². The quantitative estimate of drug-likeness (QED) is 0.691. The Morgan fingerprint density at radius 2 is 2.45 bits per heavy atom. The Morgan fingerprint density at radius 1 is 1.73 bits per heavy atom. The second-order valence-corrected chi connectivity index (χ2v) is 3.64. The molecule has 1 aliphatic carbocycles. The smallest absolute Gasteiger partial charge is 0.0527 e. The highest BCUT2D eigenvalue weighted by molar-refractivity contribution is 9.08. The summed E-state index contributed by atoms with van der Waals surface area (Å²) in [6.45, 7) is 0. The molecule has 0 atom stereocenters. The molecule has 11 heavy (non-hydrogen) atoms. The summed E-state index contributed by atoms with van der Waals surface area (Å²) in [6, 6.07) is 0. The lowest BCUT2D eigenvalue weighted by Crippen LogP contribution is -1.96. The Morgan fingerprint density at radius 3 is 3.00 bits per heavy atom. The summed E-state index contributed by atoms with van der Waals surface area (Å²) in [7, 11) is 2.00. The van der Waals surface area contributed by atoms with E-state index in [4.69, 9.17) is 0 Å². The van der Waals surface area contributed by atoms with Crippen molar-refractivity contribution in [3.63, 3.8) is 0 Å². The van der Waals surface area contributed by atoms with Crippen molar-refractivity contribution in [3.05, 3.63) is 17.5 Å². The van der Waals surface area contributed by atoms with E-state index in [1.54, 1.807) is 0 Å². The molecule has 0 N–H and O–H groups in total. The van der Waals surface area contributed by atoms with Crippen molar-refractivity contribution in [1.29, 1.82) is 0 Å². The molecule has 1 aliphatic rings. The van der Waals surface area contributed by atoms with Crippen molar-refractivity contribution in [2.45, 2.75) is 24.1 Å². The molecule has 1 heterocycles. The molecule has 60 valence electrons. The SMILES string of the molecule is Cn1ncc(C2CC2)c1CBr. The van der Waals surface area contributed by atoms with Gasteiger partial charge in [-0.2, -0.15) is 5.10 Å². The van der Waals surface area contributed by atoms with E-state index in [0.717, 1.165) is 11.2 Å². The monoisotopic (exact) mass is 214 g/mol. The van der Waals surface area contributed by atoms with Crippen LogP contribution in [0.1, 0.15) is 30.0 Å². The van der Waals surface area contributed by atoms with Crippen LogP contribution in [0.5, 0.6) is 0 Å². The third-order valence-corrected chi connectivity index (χ3v) is 2.77. The van der Waals surface area contributed by atoms with Gasteiger partial charge in [0.1, 0.15) is 0 Å². The van der Waals surface area contributed by atoms with Gasteiger partial charge in [-0.25, -0.2) is 0 Å². The van der Waals surface area contributed by atoms with Gasteiger partial charge in [0, 0.05) is 12.4 Å². The van der Waals surface area contributed by atoms with Gasteiger partial charge in [0.05, 0.1) is 11.9 Å². The summed E-state index contributed by atoms with van der Waals surface area (Å²) < 4.78 is 1.96. The summed E-state index contributed by atoms with van der Waals surface area (Å²) >= 11 is 3.47.